The molecular weight excluding hydrogens is 220 g/mol. The summed E-state index contributed by atoms with van der Waals surface area (Å²) >= 11 is 0. The molecule has 0 saturated carbocycles. The molecule has 0 unspecified atom stereocenters. The quantitative estimate of drug-likeness (QED) is 0.401. The summed E-state index contributed by atoms with van der Waals surface area (Å²) in [4.78, 5) is 0. The smallest absolute Gasteiger partial charge is 0.559 e. The summed E-state index contributed by atoms with van der Waals surface area (Å²) in [7, 11) is -6.17. The molecule has 0 rings (SSSR count). The van der Waals surface area contributed by atoms with Gasteiger partial charge < -0.3 is 5.14 Å². The van der Waals surface area contributed by atoms with Gasteiger partial charge in [0, 0.05) is 0 Å². The number of rotatable bonds is 1. The van der Waals surface area contributed by atoms with E-state index in [4.69, 9.17) is 5.14 Å². The van der Waals surface area contributed by atoms with E-state index in [1.165, 1.54) is 0 Å². The molecule has 0 radical (unpaired) electrons. The normalized spacial score (nSPS) is 13.8. The first-order valence-electron chi connectivity index (χ1n) is 1.94. The van der Waals surface area contributed by atoms with Crippen LogP contribution < -0.4 is 29.6 Å². The van der Waals surface area contributed by atoms with Crippen molar-refractivity contribution in [1.82, 2.24) is 0 Å². The summed E-state index contributed by atoms with van der Waals surface area (Å²) in [5, 5.41) is -0.494. The summed E-state index contributed by atoms with van der Waals surface area (Å²) in [5.74, 6) is 0. The van der Waals surface area contributed by atoms with E-state index in [0.717, 1.165) is 0 Å². The maximum absolute atomic E-state index is 11.5. The molecule has 0 saturated heterocycles. The van der Waals surface area contributed by atoms with Gasteiger partial charge in [0.15, 0.2) is 0 Å². The standard InChI is InChI=1S/C2HF5NO2S.Na/c3-1(4,5)2(6,7)11(8,9)10;/h(H-,8,9,10);/q-1;+1. The van der Waals surface area contributed by atoms with Crippen molar-refractivity contribution in [2.75, 3.05) is 0 Å². The van der Waals surface area contributed by atoms with E-state index >= 15 is 0 Å². The number of nitrogens with one attached hydrogen (secondary N) is 1. The summed E-state index contributed by atoms with van der Waals surface area (Å²) in [6.07, 6.45) is -6.23. The average Bonchev–Trinajstić information content (AvgIpc) is 1.58. The minimum atomic E-state index is -6.23. The average molecular weight is 221 g/mol. The molecule has 0 aliphatic rings. The van der Waals surface area contributed by atoms with Crippen LogP contribution in [0.3, 0.4) is 0 Å². The molecule has 3 nitrogen and oxygen atoms in total. The van der Waals surface area contributed by atoms with Crippen molar-refractivity contribution < 1.29 is 59.9 Å². The predicted molar refractivity (Wildman–Crippen MR) is 24.2 cm³/mol. The van der Waals surface area contributed by atoms with Crippen molar-refractivity contribution in [3.8, 4) is 0 Å². The van der Waals surface area contributed by atoms with Crippen molar-refractivity contribution in [2.45, 2.75) is 11.4 Å². The minimum absolute atomic E-state index is 0. The van der Waals surface area contributed by atoms with Gasteiger partial charge in [-0.05, 0) is 0 Å². The fraction of sp³-hybridized carbons (Fsp3) is 1.00. The van der Waals surface area contributed by atoms with E-state index in [-0.39, 0.29) is 29.6 Å². The monoisotopic (exact) mass is 221 g/mol. The van der Waals surface area contributed by atoms with Gasteiger partial charge in [0.05, 0.1) is 0 Å². The number of halogens is 5. The Hall–Kier alpha value is 0.560. The van der Waals surface area contributed by atoms with Gasteiger partial charge in [-0.25, -0.2) is 8.42 Å². The third-order valence-electron chi connectivity index (χ3n) is 0.668. The van der Waals surface area contributed by atoms with Crippen molar-refractivity contribution >= 4 is 10.0 Å². The Morgan fingerprint density at radius 3 is 1.25 bits per heavy atom. The van der Waals surface area contributed by atoms with Crippen LogP contribution in [0.5, 0.6) is 0 Å². The van der Waals surface area contributed by atoms with Gasteiger partial charge >= 0.3 is 41.0 Å². The van der Waals surface area contributed by atoms with Gasteiger partial charge in [-0.1, -0.05) is 0 Å². The molecule has 68 valence electrons. The van der Waals surface area contributed by atoms with Crippen molar-refractivity contribution in [3.05, 3.63) is 5.14 Å². The van der Waals surface area contributed by atoms with E-state index in [1.54, 1.807) is 0 Å². The van der Waals surface area contributed by atoms with Crippen LogP contribution in [0.4, 0.5) is 22.0 Å². The first-order valence-corrected chi connectivity index (χ1v) is 3.42. The second-order valence-electron chi connectivity index (χ2n) is 1.52. The Morgan fingerprint density at radius 1 is 1.00 bits per heavy atom. The molecular formula is C2HF5NNaO2S. The molecule has 0 aromatic rings. The number of alkyl halides is 5. The van der Waals surface area contributed by atoms with Gasteiger partial charge in [-0.15, -0.1) is 0 Å². The van der Waals surface area contributed by atoms with Gasteiger partial charge in [0.2, 0.25) is 0 Å². The molecule has 10 heteroatoms. The van der Waals surface area contributed by atoms with Gasteiger partial charge in [0.25, 0.3) is 0 Å². The molecule has 0 fully saturated rings. The number of sulfonamides is 1. The third-order valence-corrected chi connectivity index (χ3v) is 1.57. The van der Waals surface area contributed by atoms with E-state index in [9.17, 15) is 30.4 Å². The molecule has 0 amide bonds. The van der Waals surface area contributed by atoms with Gasteiger partial charge in [-0.2, -0.15) is 22.0 Å². The molecule has 1 N–H and O–H groups in total. The molecule has 0 aromatic heterocycles. The summed E-state index contributed by atoms with van der Waals surface area (Å²) in [6.45, 7) is 0. The topological polar surface area (TPSA) is 57.9 Å². The Bertz CT molecular complexity index is 245. The Morgan fingerprint density at radius 2 is 1.25 bits per heavy atom. The van der Waals surface area contributed by atoms with E-state index in [0.29, 0.717) is 0 Å². The summed E-state index contributed by atoms with van der Waals surface area (Å²) < 4.78 is 75.3. The maximum atomic E-state index is 11.5. The zero-order chi connectivity index (χ0) is 9.50. The SMILES string of the molecule is [NH-]S(=O)(=O)C(F)(F)C(F)(F)F.[Na+]. The Kier molecular flexibility index (Phi) is 4.69. The van der Waals surface area contributed by atoms with Gasteiger partial charge in [0.1, 0.15) is 10.0 Å². The Balaban J connectivity index is 0. The van der Waals surface area contributed by atoms with Gasteiger partial charge in [-0.3, -0.25) is 0 Å². The van der Waals surface area contributed by atoms with Crippen LogP contribution in [0.15, 0.2) is 0 Å². The largest absolute Gasteiger partial charge is 1.00 e. The second kappa shape index (κ2) is 3.74. The molecule has 0 aliphatic heterocycles. The maximum Gasteiger partial charge on any atom is 1.00 e. The van der Waals surface area contributed by atoms with Crippen molar-refractivity contribution in [1.29, 1.82) is 0 Å². The van der Waals surface area contributed by atoms with Crippen LogP contribution in [0.1, 0.15) is 0 Å². The molecule has 0 aliphatic carbocycles. The van der Waals surface area contributed by atoms with Crippen LogP contribution >= 0.6 is 0 Å². The summed E-state index contributed by atoms with van der Waals surface area (Å²) in [5.41, 5.74) is 0. The molecule has 0 aromatic carbocycles. The predicted octanol–water partition coefficient (Wildman–Crippen LogP) is -1.47. The number of hydrogen-bond acceptors (Lipinski definition) is 2. The zero-order valence-corrected chi connectivity index (χ0v) is 8.43. The van der Waals surface area contributed by atoms with Crippen LogP contribution in [-0.2, 0) is 10.0 Å². The first-order chi connectivity index (χ1) is 4.50. The van der Waals surface area contributed by atoms with E-state index < -0.39 is 21.5 Å². The van der Waals surface area contributed by atoms with Crippen molar-refractivity contribution in [2.24, 2.45) is 0 Å². The fourth-order valence-electron chi connectivity index (χ4n) is 0.152. The number of hydrogen-bond donors (Lipinski definition) is 0. The van der Waals surface area contributed by atoms with Crippen LogP contribution in [0.25, 0.3) is 5.14 Å². The molecule has 0 heterocycles. The second-order valence-corrected chi connectivity index (χ2v) is 3.04. The minimum Gasteiger partial charge on any atom is -0.559 e. The van der Waals surface area contributed by atoms with Crippen LogP contribution in [0.2, 0.25) is 0 Å². The third kappa shape index (κ3) is 2.80. The van der Waals surface area contributed by atoms with E-state index in [2.05, 4.69) is 0 Å². The summed E-state index contributed by atoms with van der Waals surface area (Å²) in [6, 6.07) is 0. The first kappa shape index (κ1) is 15.1. The molecule has 0 atom stereocenters. The zero-order valence-electron chi connectivity index (χ0n) is 5.61. The molecule has 12 heavy (non-hydrogen) atoms. The molecule has 0 spiro atoms. The molecule has 0 bridgehead atoms. The van der Waals surface area contributed by atoms with Crippen LogP contribution in [0, 0.1) is 0 Å². The fourth-order valence-corrected chi connectivity index (χ4v) is 0.457. The van der Waals surface area contributed by atoms with E-state index in [1.807, 2.05) is 0 Å². The Labute approximate surface area is 86.4 Å². The van der Waals surface area contributed by atoms with Crippen LogP contribution in [-0.4, -0.2) is 19.8 Å². The van der Waals surface area contributed by atoms with Crippen molar-refractivity contribution in [3.63, 3.8) is 0 Å².